The zero-order valence-electron chi connectivity index (χ0n) is 10.7. The van der Waals surface area contributed by atoms with E-state index in [4.69, 9.17) is 0 Å². The van der Waals surface area contributed by atoms with Gasteiger partial charge in [-0.1, -0.05) is 13.8 Å². The second-order valence-corrected chi connectivity index (χ2v) is 4.70. The van der Waals surface area contributed by atoms with Crippen LogP contribution in [-0.2, 0) is 5.41 Å². The normalized spacial score (nSPS) is 21.1. The van der Waals surface area contributed by atoms with E-state index in [1.807, 2.05) is 26.2 Å². The predicted molar refractivity (Wildman–Crippen MR) is 68.0 cm³/mol. The number of pyridine rings is 1. The first-order chi connectivity index (χ1) is 7.71. The summed E-state index contributed by atoms with van der Waals surface area (Å²) in [4.78, 5) is 8.90. The average molecular weight is 219 g/mol. The lowest BCUT2D eigenvalue weighted by Crippen LogP contribution is -2.59. The number of nitrogens with zero attached hydrogens (tertiary/aromatic N) is 3. The summed E-state index contributed by atoms with van der Waals surface area (Å²) in [6.07, 6.45) is 3.90. The molecule has 0 aliphatic carbocycles. The first-order valence-corrected chi connectivity index (χ1v) is 6.05. The molecule has 0 N–H and O–H groups in total. The highest BCUT2D eigenvalue weighted by molar-refractivity contribution is 5.62. The van der Waals surface area contributed by atoms with Gasteiger partial charge in [0.25, 0.3) is 0 Å². The van der Waals surface area contributed by atoms with Crippen LogP contribution in [0.5, 0.6) is 0 Å². The van der Waals surface area contributed by atoms with E-state index in [0.29, 0.717) is 5.41 Å². The number of anilines is 1. The summed E-state index contributed by atoms with van der Waals surface area (Å²) in [6, 6.07) is 2.19. The Morgan fingerprint density at radius 3 is 2.50 bits per heavy atom. The monoisotopic (exact) mass is 219 g/mol. The van der Waals surface area contributed by atoms with Crippen LogP contribution >= 0.6 is 0 Å². The second-order valence-electron chi connectivity index (χ2n) is 4.70. The van der Waals surface area contributed by atoms with E-state index in [1.165, 1.54) is 24.3 Å². The number of fused-ring (bicyclic) bond motifs is 2. The molecule has 0 radical (unpaired) electrons. The average Bonchev–Trinajstić information content (AvgIpc) is 2.56. The molecule has 3 heterocycles. The number of hydrogen-bond acceptors (Lipinski definition) is 3. The van der Waals surface area contributed by atoms with Crippen molar-refractivity contribution in [1.29, 1.82) is 0 Å². The van der Waals surface area contributed by atoms with Gasteiger partial charge in [-0.15, -0.1) is 0 Å². The van der Waals surface area contributed by atoms with Gasteiger partial charge in [0.1, 0.15) is 0 Å². The van der Waals surface area contributed by atoms with Crippen molar-refractivity contribution in [3.8, 4) is 0 Å². The highest BCUT2D eigenvalue weighted by atomic mass is 15.2. The molecule has 2 aliphatic heterocycles. The maximum atomic E-state index is 4.19. The molecule has 1 aromatic rings. The van der Waals surface area contributed by atoms with Crippen molar-refractivity contribution in [2.24, 2.45) is 0 Å². The Morgan fingerprint density at radius 1 is 1.19 bits per heavy atom. The van der Waals surface area contributed by atoms with Crippen LogP contribution in [0.3, 0.4) is 0 Å². The number of likely N-dealkylation sites (N-methyl/N-ethyl adjacent to an activating group) is 2. The molecular formula is C13H21N3. The van der Waals surface area contributed by atoms with E-state index < -0.39 is 0 Å². The Hall–Kier alpha value is -1.09. The topological polar surface area (TPSA) is 19.4 Å². The summed E-state index contributed by atoms with van der Waals surface area (Å²) < 4.78 is 0. The molecule has 1 aromatic heterocycles. The van der Waals surface area contributed by atoms with Crippen LogP contribution in [0.2, 0.25) is 0 Å². The third kappa shape index (κ3) is 1.50. The fourth-order valence-corrected chi connectivity index (χ4v) is 3.02. The van der Waals surface area contributed by atoms with Crippen LogP contribution in [0.15, 0.2) is 18.5 Å². The third-order valence-corrected chi connectivity index (χ3v) is 3.47. The van der Waals surface area contributed by atoms with Gasteiger partial charge in [-0.25, -0.2) is 0 Å². The van der Waals surface area contributed by atoms with Crippen LogP contribution in [0.4, 0.5) is 5.69 Å². The smallest absolute Gasteiger partial charge is 0.0590 e. The molecule has 0 aromatic carbocycles. The lowest BCUT2D eigenvalue weighted by Gasteiger charge is -2.46. The van der Waals surface area contributed by atoms with E-state index in [0.717, 1.165) is 6.54 Å². The molecular weight excluding hydrogens is 198 g/mol. The molecule has 0 atom stereocenters. The summed E-state index contributed by atoms with van der Waals surface area (Å²) in [5, 5.41) is 0. The number of aromatic nitrogens is 1. The highest BCUT2D eigenvalue weighted by Gasteiger charge is 2.48. The molecule has 1 saturated heterocycles. The van der Waals surface area contributed by atoms with Crippen molar-refractivity contribution in [1.82, 2.24) is 9.88 Å². The predicted octanol–water partition coefficient (Wildman–Crippen LogP) is 1.74. The Morgan fingerprint density at radius 2 is 1.88 bits per heavy atom. The van der Waals surface area contributed by atoms with Crippen molar-refractivity contribution in [3.63, 3.8) is 0 Å². The Balaban J connectivity index is 0.000000457. The summed E-state index contributed by atoms with van der Waals surface area (Å²) >= 11 is 0. The zero-order valence-corrected chi connectivity index (χ0v) is 10.7. The van der Waals surface area contributed by atoms with Gasteiger partial charge >= 0.3 is 0 Å². The summed E-state index contributed by atoms with van der Waals surface area (Å²) in [5.74, 6) is 0. The molecule has 88 valence electrons. The minimum Gasteiger partial charge on any atom is -0.372 e. The van der Waals surface area contributed by atoms with Crippen LogP contribution < -0.4 is 4.90 Å². The van der Waals surface area contributed by atoms with Crippen molar-refractivity contribution < 1.29 is 0 Å². The molecule has 0 unspecified atom stereocenters. The minimum atomic E-state index is 0.405. The van der Waals surface area contributed by atoms with Gasteiger partial charge in [-0.2, -0.15) is 0 Å². The largest absolute Gasteiger partial charge is 0.372 e. The number of hydrogen-bond donors (Lipinski definition) is 0. The summed E-state index contributed by atoms with van der Waals surface area (Å²) in [6.45, 7) is 7.53. The van der Waals surface area contributed by atoms with Gasteiger partial charge < -0.3 is 9.80 Å². The van der Waals surface area contributed by atoms with Crippen molar-refractivity contribution in [2.75, 3.05) is 38.6 Å². The summed E-state index contributed by atoms with van der Waals surface area (Å²) in [7, 11) is 4.35. The van der Waals surface area contributed by atoms with E-state index in [1.54, 1.807) is 0 Å². The fourth-order valence-electron chi connectivity index (χ4n) is 3.02. The molecule has 3 nitrogen and oxygen atoms in total. The zero-order chi connectivity index (χ0) is 11.8. The molecule has 0 saturated carbocycles. The maximum absolute atomic E-state index is 4.19. The molecule has 2 aliphatic rings. The molecule has 0 amide bonds. The molecule has 16 heavy (non-hydrogen) atoms. The van der Waals surface area contributed by atoms with Crippen molar-refractivity contribution in [2.45, 2.75) is 19.3 Å². The lowest BCUT2D eigenvalue weighted by molar-refractivity contribution is 0.106. The first-order valence-electron chi connectivity index (χ1n) is 6.05. The minimum absolute atomic E-state index is 0.405. The molecule has 0 bridgehead atoms. The van der Waals surface area contributed by atoms with Crippen LogP contribution in [0.25, 0.3) is 0 Å². The standard InChI is InChI=1S/C11H15N3.C2H6/c1-13-6-11(7-13)8-14(2)10-5-12-4-3-9(10)11;1-2/h3-5H,6-8H2,1-2H3;1-2H3. The maximum Gasteiger partial charge on any atom is 0.0590 e. The van der Waals surface area contributed by atoms with Crippen LogP contribution in [0.1, 0.15) is 19.4 Å². The van der Waals surface area contributed by atoms with Gasteiger partial charge in [-0.3, -0.25) is 4.98 Å². The van der Waals surface area contributed by atoms with E-state index in [9.17, 15) is 0 Å². The fraction of sp³-hybridized carbons (Fsp3) is 0.615. The Labute approximate surface area is 98.1 Å². The van der Waals surface area contributed by atoms with Gasteiger partial charge in [0.2, 0.25) is 0 Å². The third-order valence-electron chi connectivity index (χ3n) is 3.47. The van der Waals surface area contributed by atoms with E-state index in [-0.39, 0.29) is 0 Å². The van der Waals surface area contributed by atoms with Crippen LogP contribution in [0, 0.1) is 0 Å². The second kappa shape index (κ2) is 4.06. The Bertz CT molecular complexity index is 369. The quantitative estimate of drug-likeness (QED) is 0.662. The molecule has 1 fully saturated rings. The molecule has 3 heteroatoms. The van der Waals surface area contributed by atoms with E-state index >= 15 is 0 Å². The van der Waals surface area contributed by atoms with Gasteiger partial charge in [0.05, 0.1) is 11.9 Å². The molecule has 1 spiro atoms. The molecule has 3 rings (SSSR count). The van der Waals surface area contributed by atoms with Gasteiger partial charge in [0.15, 0.2) is 0 Å². The van der Waals surface area contributed by atoms with Crippen molar-refractivity contribution >= 4 is 5.69 Å². The van der Waals surface area contributed by atoms with E-state index in [2.05, 4.69) is 34.9 Å². The summed E-state index contributed by atoms with van der Waals surface area (Å²) in [5.41, 5.74) is 3.22. The van der Waals surface area contributed by atoms with Crippen molar-refractivity contribution in [3.05, 3.63) is 24.0 Å². The van der Waals surface area contributed by atoms with Gasteiger partial charge in [0, 0.05) is 38.3 Å². The van der Waals surface area contributed by atoms with Gasteiger partial charge in [-0.05, 0) is 18.7 Å². The number of likely N-dealkylation sites (tertiary alicyclic amines) is 1. The lowest BCUT2D eigenvalue weighted by atomic mass is 9.76. The van der Waals surface area contributed by atoms with Crippen LogP contribution in [-0.4, -0.2) is 43.6 Å². The highest BCUT2D eigenvalue weighted by Crippen LogP contribution is 2.44. The Kier molecular flexibility index (Phi) is 2.89. The number of rotatable bonds is 0. The first kappa shape index (κ1) is 11.4. The SMILES string of the molecule is CC.CN1CC2(C1)CN(C)c1cnccc12.